The monoisotopic (exact) mass is 589 g/mol. The summed E-state index contributed by atoms with van der Waals surface area (Å²) in [5, 5.41) is 3.73. The number of amides is 1. The third-order valence-corrected chi connectivity index (χ3v) is 8.97. The second-order valence-electron chi connectivity index (χ2n) is 13.5. The lowest BCUT2D eigenvalue weighted by Crippen LogP contribution is -2.46. The molecule has 0 aromatic heterocycles. The van der Waals surface area contributed by atoms with Crippen LogP contribution in [-0.2, 0) is 0 Å². The number of hydrogen-bond donors (Lipinski definition) is 1. The molecule has 3 aliphatic rings. The van der Waals surface area contributed by atoms with E-state index in [0.29, 0.717) is 54.0 Å². The number of carbonyl (C=O) groups excluding carboxylic acids is 1. The molecule has 2 aliphatic heterocycles. The smallest absolute Gasteiger partial charge is 0.254 e. The van der Waals surface area contributed by atoms with Gasteiger partial charge in [-0.2, -0.15) is 0 Å². The molecule has 1 atom stereocenters. The van der Waals surface area contributed by atoms with E-state index in [1.807, 2.05) is 43.0 Å². The zero-order valence-electron chi connectivity index (χ0n) is 27.0. The Morgan fingerprint density at radius 1 is 1.12 bits per heavy atom. The maximum atomic E-state index is 14.3. The topological polar surface area (TPSA) is 63.3 Å². The summed E-state index contributed by atoms with van der Waals surface area (Å²) in [6, 6.07) is 15.5. The number of fused-ring (bicyclic) bond motifs is 1. The van der Waals surface area contributed by atoms with Gasteiger partial charge in [0.1, 0.15) is 0 Å². The lowest BCUT2D eigenvalue weighted by Gasteiger charge is -2.36. The molecule has 7 heteroatoms. The molecule has 2 aromatic carbocycles. The Labute approximate surface area is 258 Å². The highest BCUT2D eigenvalue weighted by Crippen LogP contribution is 2.47. The van der Waals surface area contributed by atoms with E-state index in [2.05, 4.69) is 49.2 Å². The summed E-state index contributed by atoms with van der Waals surface area (Å²) >= 11 is 0. The van der Waals surface area contributed by atoms with Crippen molar-refractivity contribution in [1.82, 2.24) is 15.1 Å². The van der Waals surface area contributed by atoms with Crippen LogP contribution in [0.2, 0.25) is 0 Å². The van der Waals surface area contributed by atoms with Gasteiger partial charge in [0.05, 0.1) is 7.11 Å². The van der Waals surface area contributed by atoms with Gasteiger partial charge in [-0.25, -0.2) is 0 Å². The van der Waals surface area contributed by atoms with Gasteiger partial charge >= 0.3 is 0 Å². The van der Waals surface area contributed by atoms with Gasteiger partial charge in [-0.3, -0.25) is 9.69 Å². The number of carbonyl (C=O) groups is 1. The molecule has 1 N–H and O–H groups in total. The predicted molar refractivity (Wildman–Crippen MR) is 173 cm³/mol. The van der Waals surface area contributed by atoms with Crippen LogP contribution in [0.3, 0.4) is 0 Å². The molecule has 2 aromatic rings. The van der Waals surface area contributed by atoms with Gasteiger partial charge in [0, 0.05) is 57.2 Å². The molecule has 2 heterocycles. The Bertz CT molecular complexity index is 1270. The SMILES string of the molecule is COc1cc(C(=O)N(C/C(C)=C/c2ccccc2)C[C@H]2CCCN2CC2CCC(NC(C)C)CC2)cc2c1OC(C)(C)O2. The van der Waals surface area contributed by atoms with Crippen LogP contribution in [0.4, 0.5) is 0 Å². The second-order valence-corrected chi connectivity index (χ2v) is 13.5. The van der Waals surface area contributed by atoms with Crippen molar-refractivity contribution >= 4 is 12.0 Å². The molecule has 43 heavy (non-hydrogen) atoms. The highest BCUT2D eigenvalue weighted by Gasteiger charge is 2.37. The van der Waals surface area contributed by atoms with E-state index in [1.54, 1.807) is 13.2 Å². The lowest BCUT2D eigenvalue weighted by molar-refractivity contribution is -0.0439. The standard InChI is InChI=1S/C36H51N3O4/c1-25(2)37-30-16-14-28(15-17-30)23-38-18-10-13-31(38)24-39(22-26(3)19-27-11-8-7-9-12-27)35(40)29-20-32(41-6)34-33(21-29)42-36(4,5)43-34/h7-9,11-12,19-21,25,28,30-31,37H,10,13-18,22-24H2,1-6H3/b26-19+/t28?,30?,31-/m1/s1. The van der Waals surface area contributed by atoms with Crippen LogP contribution in [0, 0.1) is 5.92 Å². The molecule has 234 valence electrons. The van der Waals surface area contributed by atoms with Crippen LogP contribution in [0.5, 0.6) is 17.2 Å². The summed E-state index contributed by atoms with van der Waals surface area (Å²) in [5.41, 5.74) is 2.85. The number of rotatable bonds is 11. The second kappa shape index (κ2) is 13.7. The minimum atomic E-state index is -0.805. The Hall–Kier alpha value is -3.03. The average Bonchev–Trinajstić information content (AvgIpc) is 3.54. The van der Waals surface area contributed by atoms with Crippen LogP contribution in [-0.4, -0.2) is 72.9 Å². The van der Waals surface area contributed by atoms with E-state index in [-0.39, 0.29) is 5.91 Å². The maximum Gasteiger partial charge on any atom is 0.254 e. The highest BCUT2D eigenvalue weighted by molar-refractivity contribution is 5.96. The summed E-state index contributed by atoms with van der Waals surface area (Å²) in [7, 11) is 1.60. The Kier molecular flexibility index (Phi) is 10.0. The molecule has 0 spiro atoms. The number of nitrogens with one attached hydrogen (secondary N) is 1. The number of hydrogen-bond acceptors (Lipinski definition) is 6. The van der Waals surface area contributed by atoms with Gasteiger partial charge in [-0.1, -0.05) is 55.8 Å². The van der Waals surface area contributed by atoms with E-state index < -0.39 is 5.79 Å². The summed E-state index contributed by atoms with van der Waals surface area (Å²) < 4.78 is 17.6. The molecule has 1 aliphatic carbocycles. The normalized spacial score (nSPS) is 23.5. The van der Waals surface area contributed by atoms with Crippen molar-refractivity contribution < 1.29 is 19.0 Å². The zero-order chi connectivity index (χ0) is 30.6. The molecule has 7 nitrogen and oxygen atoms in total. The Morgan fingerprint density at radius 2 is 1.86 bits per heavy atom. The fourth-order valence-electron chi connectivity index (χ4n) is 7.05. The van der Waals surface area contributed by atoms with Gasteiger partial charge < -0.3 is 24.4 Å². The van der Waals surface area contributed by atoms with Crippen molar-refractivity contribution in [2.75, 3.05) is 33.3 Å². The van der Waals surface area contributed by atoms with Gasteiger partial charge in [0.2, 0.25) is 11.5 Å². The van der Waals surface area contributed by atoms with Crippen LogP contribution in [0.1, 0.15) is 89.1 Å². The largest absolute Gasteiger partial charge is 0.493 e. The van der Waals surface area contributed by atoms with Crippen LogP contribution >= 0.6 is 0 Å². The van der Waals surface area contributed by atoms with Gasteiger partial charge in [0.15, 0.2) is 11.5 Å². The lowest BCUT2D eigenvalue weighted by atomic mass is 9.85. The van der Waals surface area contributed by atoms with E-state index in [1.165, 1.54) is 32.1 Å². The van der Waals surface area contributed by atoms with E-state index in [0.717, 1.165) is 36.6 Å². The quantitative estimate of drug-likeness (QED) is 0.312. The van der Waals surface area contributed by atoms with Gasteiger partial charge in [-0.15, -0.1) is 0 Å². The molecular formula is C36H51N3O4. The first kappa shape index (κ1) is 31.4. The van der Waals surface area contributed by atoms with Crippen molar-refractivity contribution in [2.24, 2.45) is 5.92 Å². The summed E-state index contributed by atoms with van der Waals surface area (Å²) in [4.78, 5) is 19.0. The van der Waals surface area contributed by atoms with E-state index >= 15 is 0 Å². The molecule has 1 saturated heterocycles. The van der Waals surface area contributed by atoms with E-state index in [9.17, 15) is 4.79 Å². The zero-order valence-corrected chi connectivity index (χ0v) is 27.0. The summed E-state index contributed by atoms with van der Waals surface area (Å²) in [6.07, 6.45) is 9.57. The molecule has 5 rings (SSSR count). The van der Waals surface area contributed by atoms with Crippen molar-refractivity contribution in [3.8, 4) is 17.2 Å². The van der Waals surface area contributed by atoms with Crippen LogP contribution in [0.15, 0.2) is 48.0 Å². The van der Waals surface area contributed by atoms with Gasteiger partial charge in [0.25, 0.3) is 5.91 Å². The van der Waals surface area contributed by atoms with E-state index in [4.69, 9.17) is 14.2 Å². The first-order chi connectivity index (χ1) is 20.6. The van der Waals surface area contributed by atoms with Crippen LogP contribution in [0.25, 0.3) is 6.08 Å². The summed E-state index contributed by atoms with van der Waals surface area (Å²) in [5.74, 6) is 1.54. The first-order valence-corrected chi connectivity index (χ1v) is 16.2. The third-order valence-electron chi connectivity index (χ3n) is 8.97. The number of benzene rings is 2. The number of methoxy groups -OCH3 is 1. The number of ether oxygens (including phenoxy) is 3. The number of likely N-dealkylation sites (tertiary alicyclic amines) is 1. The van der Waals surface area contributed by atoms with Gasteiger partial charge in [-0.05, 0) is 75.6 Å². The molecule has 1 amide bonds. The van der Waals surface area contributed by atoms with Crippen molar-refractivity contribution in [2.45, 2.75) is 97.1 Å². The average molecular weight is 590 g/mol. The fraction of sp³-hybridized carbons (Fsp3) is 0.583. The van der Waals surface area contributed by atoms with Crippen molar-refractivity contribution in [1.29, 1.82) is 0 Å². The molecule has 1 saturated carbocycles. The number of nitrogens with zero attached hydrogens (tertiary/aromatic N) is 2. The van der Waals surface area contributed by atoms with Crippen molar-refractivity contribution in [3.05, 3.63) is 59.2 Å². The molecule has 0 unspecified atom stereocenters. The Balaban J connectivity index is 1.33. The molecule has 2 fully saturated rings. The first-order valence-electron chi connectivity index (χ1n) is 16.2. The highest BCUT2D eigenvalue weighted by atomic mass is 16.7. The summed E-state index contributed by atoms with van der Waals surface area (Å²) in [6.45, 7) is 13.8. The maximum absolute atomic E-state index is 14.3. The predicted octanol–water partition coefficient (Wildman–Crippen LogP) is 6.77. The molecule has 0 bridgehead atoms. The van der Waals surface area contributed by atoms with Crippen molar-refractivity contribution in [3.63, 3.8) is 0 Å². The molecular weight excluding hydrogens is 538 g/mol. The Morgan fingerprint density at radius 3 is 2.56 bits per heavy atom. The molecule has 0 radical (unpaired) electrons. The minimum absolute atomic E-state index is 0.0117. The minimum Gasteiger partial charge on any atom is -0.493 e. The third kappa shape index (κ3) is 8.12. The van der Waals surface area contributed by atoms with Crippen LogP contribution < -0.4 is 19.5 Å². The fourth-order valence-corrected chi connectivity index (χ4v) is 7.05.